The van der Waals surface area contributed by atoms with Crippen LogP contribution in [-0.4, -0.2) is 47.6 Å². The van der Waals surface area contributed by atoms with E-state index in [2.05, 4.69) is 43.9 Å². The van der Waals surface area contributed by atoms with Gasteiger partial charge in [0.2, 0.25) is 5.91 Å². The third-order valence-corrected chi connectivity index (χ3v) is 6.50. The van der Waals surface area contributed by atoms with Gasteiger partial charge in [0.25, 0.3) is 0 Å². The Bertz CT molecular complexity index is 714. The van der Waals surface area contributed by atoms with Crippen molar-refractivity contribution in [1.29, 1.82) is 0 Å². The summed E-state index contributed by atoms with van der Waals surface area (Å²) in [5.41, 5.74) is 3.63. The van der Waals surface area contributed by atoms with Gasteiger partial charge in [-0.1, -0.05) is 26.0 Å². The number of nitrogens with zero attached hydrogens (tertiary/aromatic N) is 2. The Hall–Kier alpha value is -1.88. The van der Waals surface area contributed by atoms with Crippen molar-refractivity contribution in [2.24, 2.45) is 11.8 Å². The molecular formula is C23H34N2O3. The minimum atomic E-state index is -0.668. The van der Waals surface area contributed by atoms with E-state index in [0.29, 0.717) is 6.54 Å². The van der Waals surface area contributed by atoms with Gasteiger partial charge in [-0.3, -0.25) is 9.59 Å². The lowest BCUT2D eigenvalue weighted by molar-refractivity contribution is -0.143. The number of benzene rings is 1. The topological polar surface area (TPSA) is 60.9 Å². The average molecular weight is 387 g/mol. The number of hydrogen-bond acceptors (Lipinski definition) is 3. The Morgan fingerprint density at radius 3 is 2.68 bits per heavy atom. The highest BCUT2D eigenvalue weighted by atomic mass is 16.4. The number of anilines is 1. The highest BCUT2D eigenvalue weighted by Gasteiger charge is 2.33. The van der Waals surface area contributed by atoms with Crippen LogP contribution in [0.4, 0.5) is 5.69 Å². The molecule has 2 aliphatic rings. The van der Waals surface area contributed by atoms with Gasteiger partial charge < -0.3 is 14.9 Å². The van der Waals surface area contributed by atoms with E-state index in [1.54, 1.807) is 0 Å². The van der Waals surface area contributed by atoms with Crippen molar-refractivity contribution < 1.29 is 14.7 Å². The van der Waals surface area contributed by atoms with Gasteiger partial charge in [0.1, 0.15) is 0 Å². The first-order valence-corrected chi connectivity index (χ1v) is 10.8. The maximum atomic E-state index is 13.0. The molecule has 0 saturated carbocycles. The molecule has 1 amide bonds. The number of carbonyl (C=O) groups is 2. The zero-order chi connectivity index (χ0) is 20.3. The molecule has 0 spiro atoms. The molecule has 5 nitrogen and oxygen atoms in total. The van der Waals surface area contributed by atoms with E-state index in [1.165, 1.54) is 11.1 Å². The van der Waals surface area contributed by atoms with Crippen LogP contribution < -0.4 is 4.90 Å². The van der Waals surface area contributed by atoms with Gasteiger partial charge in [0.05, 0.1) is 5.92 Å². The lowest BCUT2D eigenvalue weighted by Crippen LogP contribution is -2.39. The standard InChI is InChI=1S/C23H34N2O3/c1-4-18(5-2)22(26)25-16(3)13-20-14-17(8-9-21(20)25)10-12-24-11-6-7-19(15-24)23(27)28/h8-9,14,16,18-19H,4-7,10-13,15H2,1-3H3,(H,27,28). The minimum Gasteiger partial charge on any atom is -0.481 e. The molecule has 1 fully saturated rings. The maximum absolute atomic E-state index is 13.0. The van der Waals surface area contributed by atoms with Crippen LogP contribution in [0.2, 0.25) is 0 Å². The summed E-state index contributed by atoms with van der Waals surface area (Å²) in [4.78, 5) is 28.5. The lowest BCUT2D eigenvalue weighted by atomic mass is 9.97. The molecular weight excluding hydrogens is 352 g/mol. The monoisotopic (exact) mass is 386 g/mol. The van der Waals surface area contributed by atoms with Gasteiger partial charge in [-0.2, -0.15) is 0 Å². The Kier molecular flexibility index (Phi) is 6.76. The molecule has 2 heterocycles. The average Bonchev–Trinajstić information content (AvgIpc) is 3.02. The largest absolute Gasteiger partial charge is 0.481 e. The number of piperidine rings is 1. The molecule has 0 aromatic heterocycles. The summed E-state index contributed by atoms with van der Waals surface area (Å²) >= 11 is 0. The Labute approximate surface area is 168 Å². The summed E-state index contributed by atoms with van der Waals surface area (Å²) in [6, 6.07) is 6.73. The second kappa shape index (κ2) is 9.08. The van der Waals surface area contributed by atoms with Gasteiger partial charge in [-0.15, -0.1) is 0 Å². The molecule has 0 bridgehead atoms. The number of likely N-dealkylation sites (tertiary alicyclic amines) is 1. The second-order valence-corrected chi connectivity index (χ2v) is 8.47. The van der Waals surface area contributed by atoms with Crippen LogP contribution in [0.5, 0.6) is 0 Å². The van der Waals surface area contributed by atoms with Gasteiger partial charge in [-0.25, -0.2) is 0 Å². The van der Waals surface area contributed by atoms with E-state index in [-0.39, 0.29) is 23.8 Å². The molecule has 28 heavy (non-hydrogen) atoms. The van der Waals surface area contributed by atoms with Crippen LogP contribution in [-0.2, 0) is 22.4 Å². The molecule has 0 radical (unpaired) electrons. The lowest BCUT2D eigenvalue weighted by Gasteiger charge is -2.30. The highest BCUT2D eigenvalue weighted by Crippen LogP contribution is 2.35. The van der Waals surface area contributed by atoms with E-state index >= 15 is 0 Å². The summed E-state index contributed by atoms with van der Waals surface area (Å²) in [6.45, 7) is 8.87. The Balaban J connectivity index is 1.65. The van der Waals surface area contributed by atoms with Crippen LogP contribution in [0.25, 0.3) is 0 Å². The molecule has 2 aliphatic heterocycles. The van der Waals surface area contributed by atoms with Gasteiger partial charge in [-0.05, 0) is 69.2 Å². The summed E-state index contributed by atoms with van der Waals surface area (Å²) in [6.07, 6.45) is 5.38. The molecule has 1 aromatic rings. The first-order valence-electron chi connectivity index (χ1n) is 10.8. The molecule has 5 heteroatoms. The van der Waals surface area contributed by atoms with Crippen LogP contribution in [0.15, 0.2) is 18.2 Å². The number of amides is 1. The number of rotatable bonds is 7. The second-order valence-electron chi connectivity index (χ2n) is 8.47. The number of carboxylic acids is 1. The van der Waals surface area contributed by atoms with Crippen LogP contribution in [0.1, 0.15) is 57.6 Å². The quantitative estimate of drug-likeness (QED) is 0.775. The van der Waals surface area contributed by atoms with Crippen molar-refractivity contribution in [3.63, 3.8) is 0 Å². The Morgan fingerprint density at radius 1 is 1.25 bits per heavy atom. The number of carboxylic acid groups (broad SMARTS) is 1. The van der Waals surface area contributed by atoms with Crippen LogP contribution >= 0.6 is 0 Å². The van der Waals surface area contributed by atoms with Crippen molar-refractivity contribution in [2.45, 2.75) is 65.3 Å². The number of aliphatic carboxylic acids is 1. The Morgan fingerprint density at radius 2 is 2.00 bits per heavy atom. The van der Waals surface area contributed by atoms with E-state index in [1.807, 2.05) is 4.90 Å². The molecule has 1 N–H and O–H groups in total. The van der Waals surface area contributed by atoms with Gasteiger partial charge in [0, 0.05) is 30.7 Å². The molecule has 2 atom stereocenters. The number of fused-ring (bicyclic) bond motifs is 1. The number of hydrogen-bond donors (Lipinski definition) is 1. The molecule has 3 rings (SSSR count). The first-order chi connectivity index (χ1) is 13.4. The van der Waals surface area contributed by atoms with E-state index in [9.17, 15) is 14.7 Å². The minimum absolute atomic E-state index is 0.106. The zero-order valence-corrected chi connectivity index (χ0v) is 17.5. The van der Waals surface area contributed by atoms with Crippen molar-refractivity contribution >= 4 is 17.6 Å². The summed E-state index contributed by atoms with van der Waals surface area (Å²) < 4.78 is 0. The van der Waals surface area contributed by atoms with Crippen molar-refractivity contribution in [1.82, 2.24) is 4.90 Å². The third-order valence-electron chi connectivity index (χ3n) is 6.50. The molecule has 1 aromatic carbocycles. The summed E-state index contributed by atoms with van der Waals surface area (Å²) in [5, 5.41) is 9.26. The summed E-state index contributed by atoms with van der Waals surface area (Å²) in [5.74, 6) is -0.524. The third kappa shape index (κ3) is 4.40. The predicted molar refractivity (Wildman–Crippen MR) is 112 cm³/mol. The first kappa shape index (κ1) is 20.8. The van der Waals surface area contributed by atoms with Crippen molar-refractivity contribution in [3.8, 4) is 0 Å². The van der Waals surface area contributed by atoms with E-state index in [0.717, 1.165) is 57.3 Å². The highest BCUT2D eigenvalue weighted by molar-refractivity contribution is 5.97. The zero-order valence-electron chi connectivity index (χ0n) is 17.5. The van der Waals surface area contributed by atoms with Gasteiger partial charge in [0.15, 0.2) is 0 Å². The molecule has 154 valence electrons. The SMILES string of the molecule is CCC(CC)C(=O)N1c2ccc(CCN3CCCC(C(=O)O)C3)cc2CC1C. The van der Waals surface area contributed by atoms with Crippen LogP contribution in [0.3, 0.4) is 0 Å². The predicted octanol–water partition coefficient (Wildman–Crippen LogP) is 3.74. The maximum Gasteiger partial charge on any atom is 0.307 e. The summed E-state index contributed by atoms with van der Waals surface area (Å²) in [7, 11) is 0. The normalized spacial score (nSPS) is 22.5. The molecule has 1 saturated heterocycles. The fraction of sp³-hybridized carbons (Fsp3) is 0.652. The van der Waals surface area contributed by atoms with E-state index < -0.39 is 5.97 Å². The van der Waals surface area contributed by atoms with Crippen LogP contribution in [0, 0.1) is 11.8 Å². The van der Waals surface area contributed by atoms with Gasteiger partial charge >= 0.3 is 5.97 Å². The fourth-order valence-electron chi connectivity index (χ4n) is 4.76. The number of carbonyl (C=O) groups excluding carboxylic acids is 1. The fourth-order valence-corrected chi connectivity index (χ4v) is 4.76. The van der Waals surface area contributed by atoms with Crippen molar-refractivity contribution in [3.05, 3.63) is 29.3 Å². The molecule has 2 unspecified atom stereocenters. The van der Waals surface area contributed by atoms with Crippen molar-refractivity contribution in [2.75, 3.05) is 24.5 Å². The molecule has 0 aliphatic carbocycles. The van der Waals surface area contributed by atoms with E-state index in [4.69, 9.17) is 0 Å². The smallest absolute Gasteiger partial charge is 0.307 e.